The molecule has 0 spiro atoms. The third kappa shape index (κ3) is 5.85. The fourth-order valence-corrected chi connectivity index (χ4v) is 2.95. The Labute approximate surface area is 155 Å². The molecule has 5 N–H and O–H groups in total. The van der Waals surface area contributed by atoms with E-state index in [1.807, 2.05) is 0 Å². The zero-order valence-electron chi connectivity index (χ0n) is 14.5. The van der Waals surface area contributed by atoms with Crippen LogP contribution in [-0.2, 0) is 25.7 Å². The van der Waals surface area contributed by atoms with Crippen LogP contribution in [0.2, 0.25) is 0 Å². The van der Waals surface area contributed by atoms with Gasteiger partial charge in [0.15, 0.2) is 11.5 Å². The number of oxime groups is 1. The molecule has 0 unspecified atom stereocenters. The summed E-state index contributed by atoms with van der Waals surface area (Å²) in [7, 11) is -4.28. The summed E-state index contributed by atoms with van der Waals surface area (Å²) in [5.41, 5.74) is 11.5. The second-order valence-corrected chi connectivity index (χ2v) is 7.11. The zero-order valence-corrected chi connectivity index (χ0v) is 15.3. The van der Waals surface area contributed by atoms with E-state index in [2.05, 4.69) is 14.8 Å². The van der Waals surface area contributed by atoms with E-state index in [4.69, 9.17) is 11.5 Å². The zero-order chi connectivity index (χ0) is 20.0. The van der Waals surface area contributed by atoms with Crippen LogP contribution in [0, 0.1) is 0 Å². The lowest BCUT2D eigenvalue weighted by Gasteiger charge is -2.13. The largest absolute Gasteiger partial charge is 0.367 e. The summed E-state index contributed by atoms with van der Waals surface area (Å²) in [5.74, 6) is -2.40. The molecule has 0 aliphatic rings. The molecule has 2 rings (SSSR count). The lowest BCUT2D eigenvalue weighted by atomic mass is 10.1. The van der Waals surface area contributed by atoms with Crippen molar-refractivity contribution in [1.82, 2.24) is 9.88 Å². The van der Waals surface area contributed by atoms with Gasteiger partial charge in [0.05, 0.1) is 5.69 Å². The van der Waals surface area contributed by atoms with Gasteiger partial charge in [0.25, 0.3) is 0 Å². The second-order valence-electron chi connectivity index (χ2n) is 5.56. The van der Waals surface area contributed by atoms with Crippen molar-refractivity contribution < 1.29 is 22.3 Å². The maximum Gasteiger partial charge on any atom is 0.336 e. The summed E-state index contributed by atoms with van der Waals surface area (Å²) in [4.78, 5) is 23.5. The highest BCUT2D eigenvalue weighted by molar-refractivity contribution is 7.87. The molecular weight excluding hydrogens is 374 g/mol. The number of rotatable bonds is 8. The minimum Gasteiger partial charge on any atom is -0.367 e. The number of guanidine groups is 1. The van der Waals surface area contributed by atoms with Gasteiger partial charge in [-0.1, -0.05) is 12.1 Å². The van der Waals surface area contributed by atoms with Gasteiger partial charge >= 0.3 is 10.1 Å². The van der Waals surface area contributed by atoms with Crippen LogP contribution in [0.5, 0.6) is 0 Å². The monoisotopic (exact) mass is 393 g/mol. The Morgan fingerprint density at radius 2 is 1.89 bits per heavy atom. The molecule has 2 aromatic rings. The van der Waals surface area contributed by atoms with Crippen molar-refractivity contribution in [3.05, 3.63) is 53.9 Å². The van der Waals surface area contributed by atoms with Crippen LogP contribution in [-0.4, -0.2) is 36.4 Å². The van der Waals surface area contributed by atoms with Crippen molar-refractivity contribution in [2.45, 2.75) is 13.5 Å². The third-order valence-electron chi connectivity index (χ3n) is 3.38. The molecule has 1 aromatic heterocycles. The van der Waals surface area contributed by atoms with Crippen LogP contribution in [0.25, 0.3) is 5.69 Å². The lowest BCUT2D eigenvalue weighted by Crippen LogP contribution is -2.25. The predicted octanol–water partition coefficient (Wildman–Crippen LogP) is -0.169. The molecule has 0 atom stereocenters. The third-order valence-corrected chi connectivity index (χ3v) is 4.30. The number of nitrogens with two attached hydrogens (primary N) is 2. The second kappa shape index (κ2) is 8.36. The number of nitrogens with one attached hydrogen (secondary N) is 1. The van der Waals surface area contributed by atoms with Gasteiger partial charge in [-0.25, -0.2) is 0 Å². The summed E-state index contributed by atoms with van der Waals surface area (Å²) in [6, 6.07) is 8.24. The van der Waals surface area contributed by atoms with Gasteiger partial charge in [0.2, 0.25) is 11.9 Å². The van der Waals surface area contributed by atoms with Gasteiger partial charge in [-0.15, -0.1) is 0 Å². The number of hydrogen-bond acceptors (Lipinski definition) is 6. The van der Waals surface area contributed by atoms with Crippen LogP contribution in [0.4, 0.5) is 0 Å². The topological polar surface area (TPSA) is 159 Å². The number of hydrogen-bond donors (Lipinski definition) is 3. The van der Waals surface area contributed by atoms with Gasteiger partial charge < -0.3 is 21.4 Å². The van der Waals surface area contributed by atoms with E-state index in [1.165, 1.54) is 19.1 Å². The van der Waals surface area contributed by atoms with Crippen LogP contribution >= 0.6 is 0 Å². The molecule has 0 saturated heterocycles. The van der Waals surface area contributed by atoms with Crippen molar-refractivity contribution in [2.75, 3.05) is 5.75 Å². The van der Waals surface area contributed by atoms with Crippen LogP contribution in [0.1, 0.15) is 22.8 Å². The summed E-state index contributed by atoms with van der Waals surface area (Å²) in [5, 5.41) is 5.63. The first-order chi connectivity index (χ1) is 12.7. The molecule has 0 radical (unpaired) electrons. The summed E-state index contributed by atoms with van der Waals surface area (Å²) in [6.07, 6.45) is 3.53. The average molecular weight is 393 g/mol. The Morgan fingerprint density at radius 3 is 2.48 bits per heavy atom. The van der Waals surface area contributed by atoms with Crippen LogP contribution in [0.3, 0.4) is 0 Å². The maximum absolute atomic E-state index is 12.4. The molecule has 1 amide bonds. The van der Waals surface area contributed by atoms with Gasteiger partial charge in [0.1, 0.15) is 0 Å². The van der Waals surface area contributed by atoms with Crippen molar-refractivity contribution in [3.8, 4) is 5.69 Å². The number of nitrogens with zero attached hydrogens (tertiary/aromatic N) is 2. The van der Waals surface area contributed by atoms with Crippen LogP contribution < -0.4 is 16.8 Å². The summed E-state index contributed by atoms with van der Waals surface area (Å²) >= 11 is 0. The summed E-state index contributed by atoms with van der Waals surface area (Å²) in [6.45, 7) is 1.65. The Morgan fingerprint density at radius 1 is 1.22 bits per heavy atom. The number of carbonyl (C=O) groups is 2. The van der Waals surface area contributed by atoms with Gasteiger partial charge in [-0.05, 0) is 28.9 Å². The standard InChI is InChI=1S/C16H19N5O5S/c1-11(22)19-9-13-5-4-12(8-14(13)21-6-2-3-7-21)15(23)10-27(24,25)26-20-16(17)18/h2-8H,9-10H2,1H3,(H,19,22)(H4,17,18,20). The normalized spacial score (nSPS) is 10.9. The first-order valence-electron chi connectivity index (χ1n) is 7.72. The smallest absolute Gasteiger partial charge is 0.336 e. The molecule has 1 aromatic carbocycles. The number of ketones is 1. The number of benzene rings is 1. The highest BCUT2D eigenvalue weighted by Gasteiger charge is 2.21. The van der Waals surface area contributed by atoms with Crippen molar-refractivity contribution in [3.63, 3.8) is 0 Å². The molecule has 27 heavy (non-hydrogen) atoms. The number of carbonyl (C=O) groups excluding carboxylic acids is 2. The van der Waals surface area contributed by atoms with Gasteiger partial charge in [-0.3, -0.25) is 13.9 Å². The molecule has 0 saturated carbocycles. The van der Waals surface area contributed by atoms with E-state index in [0.717, 1.165) is 5.56 Å². The Hall–Kier alpha value is -3.34. The maximum atomic E-state index is 12.4. The lowest BCUT2D eigenvalue weighted by molar-refractivity contribution is -0.119. The van der Waals surface area contributed by atoms with E-state index in [9.17, 15) is 18.0 Å². The highest BCUT2D eigenvalue weighted by Crippen LogP contribution is 2.18. The predicted molar refractivity (Wildman–Crippen MR) is 98.3 cm³/mol. The summed E-state index contributed by atoms with van der Waals surface area (Å²) < 4.78 is 29.5. The van der Waals surface area contributed by atoms with Crippen molar-refractivity contribution in [1.29, 1.82) is 0 Å². The number of aromatic nitrogens is 1. The number of amides is 1. The Bertz CT molecular complexity index is 963. The molecule has 11 heteroatoms. The fourth-order valence-electron chi connectivity index (χ4n) is 2.21. The first-order valence-corrected chi connectivity index (χ1v) is 9.30. The van der Waals surface area contributed by atoms with E-state index < -0.39 is 27.6 Å². The highest BCUT2D eigenvalue weighted by atomic mass is 32.2. The SMILES string of the molecule is CC(=O)NCc1ccc(C(=O)CS(=O)(=O)ON=C(N)N)cc1-n1cccc1. The quantitative estimate of drug-likeness (QED) is 0.243. The van der Waals surface area contributed by atoms with E-state index in [-0.39, 0.29) is 18.0 Å². The molecule has 0 aliphatic heterocycles. The van der Waals surface area contributed by atoms with Crippen molar-refractivity contribution >= 4 is 27.8 Å². The van der Waals surface area contributed by atoms with Crippen LogP contribution in [0.15, 0.2) is 47.9 Å². The molecular formula is C16H19N5O5S. The van der Waals surface area contributed by atoms with Gasteiger partial charge in [-0.2, -0.15) is 8.42 Å². The van der Waals surface area contributed by atoms with E-state index >= 15 is 0 Å². The van der Waals surface area contributed by atoms with E-state index in [1.54, 1.807) is 35.2 Å². The fraction of sp³-hybridized carbons (Fsp3) is 0.188. The molecule has 144 valence electrons. The molecule has 0 aliphatic carbocycles. The molecule has 1 heterocycles. The minimum atomic E-state index is -4.28. The molecule has 0 bridgehead atoms. The Balaban J connectivity index is 2.29. The number of Topliss-reactive ketones (excluding diaryl/α,β-unsaturated/α-hetero) is 1. The van der Waals surface area contributed by atoms with E-state index in [0.29, 0.717) is 5.69 Å². The molecule has 10 nitrogen and oxygen atoms in total. The average Bonchev–Trinajstić information content (AvgIpc) is 3.12. The molecule has 0 fully saturated rings. The first kappa shape index (κ1) is 20.0. The Kier molecular flexibility index (Phi) is 6.19. The minimum absolute atomic E-state index is 0.155. The van der Waals surface area contributed by atoms with Gasteiger partial charge in [0, 0.05) is 31.4 Å². The van der Waals surface area contributed by atoms with Crippen molar-refractivity contribution in [2.24, 2.45) is 16.6 Å².